The van der Waals surface area contributed by atoms with E-state index in [0.29, 0.717) is 19.1 Å². The van der Waals surface area contributed by atoms with Crippen molar-refractivity contribution in [2.24, 2.45) is 0 Å². The molecule has 0 amide bonds. The molecule has 0 saturated heterocycles. The minimum Gasteiger partial charge on any atom is -0.395 e. The largest absolute Gasteiger partial charge is 0.395 e. The van der Waals surface area contributed by atoms with E-state index >= 15 is 0 Å². The van der Waals surface area contributed by atoms with Gasteiger partial charge in [-0.2, -0.15) is 0 Å². The van der Waals surface area contributed by atoms with Crippen LogP contribution in [0.25, 0.3) is 0 Å². The number of nitrogens with zero attached hydrogens (tertiary/aromatic N) is 1. The first-order chi connectivity index (χ1) is 8.70. The lowest BCUT2D eigenvalue weighted by Gasteiger charge is -2.36. The van der Waals surface area contributed by atoms with Crippen LogP contribution in [0, 0.1) is 6.92 Å². The highest BCUT2D eigenvalue weighted by Gasteiger charge is 2.26. The zero-order valence-electron chi connectivity index (χ0n) is 10.9. The average Bonchev–Trinajstić information content (AvgIpc) is 2.27. The van der Waals surface area contributed by atoms with Gasteiger partial charge in [0.25, 0.3) is 0 Å². The first kappa shape index (κ1) is 13.2. The van der Waals surface area contributed by atoms with Gasteiger partial charge in [-0.3, -0.25) is 9.69 Å². The predicted octanol–water partition coefficient (Wildman–Crippen LogP) is 2.02. The maximum Gasteiger partial charge on any atom is 0.176 e. The fraction of sp³-hybridized carbons (Fsp3) is 0.533. The molecule has 1 aliphatic carbocycles. The van der Waals surface area contributed by atoms with E-state index in [1.807, 2.05) is 31.2 Å². The number of aryl methyl sites for hydroxylation is 1. The fourth-order valence-electron chi connectivity index (χ4n) is 2.37. The third-order valence-corrected chi connectivity index (χ3v) is 3.67. The number of aliphatic hydroxyl groups is 1. The van der Waals surface area contributed by atoms with Crippen molar-refractivity contribution in [1.29, 1.82) is 0 Å². The Hall–Kier alpha value is -1.19. The minimum absolute atomic E-state index is 0.123. The molecule has 1 fully saturated rings. The topological polar surface area (TPSA) is 40.5 Å². The van der Waals surface area contributed by atoms with E-state index in [2.05, 4.69) is 4.90 Å². The SMILES string of the molecule is Cc1cccc(C(=O)CN(CCO)C2CCC2)c1. The molecule has 1 N–H and O–H groups in total. The van der Waals surface area contributed by atoms with Gasteiger partial charge in [0.15, 0.2) is 5.78 Å². The first-order valence-corrected chi connectivity index (χ1v) is 6.65. The van der Waals surface area contributed by atoms with Gasteiger partial charge in [0.1, 0.15) is 0 Å². The Bertz CT molecular complexity index is 413. The third kappa shape index (κ3) is 3.18. The minimum atomic E-state index is 0.123. The number of hydrogen-bond acceptors (Lipinski definition) is 3. The molecule has 2 rings (SSSR count). The van der Waals surface area contributed by atoms with Crippen molar-refractivity contribution in [3.05, 3.63) is 35.4 Å². The highest BCUT2D eigenvalue weighted by atomic mass is 16.3. The Morgan fingerprint density at radius 2 is 2.22 bits per heavy atom. The van der Waals surface area contributed by atoms with Gasteiger partial charge in [-0.1, -0.05) is 30.2 Å². The summed E-state index contributed by atoms with van der Waals surface area (Å²) in [5.41, 5.74) is 1.88. The molecule has 18 heavy (non-hydrogen) atoms. The van der Waals surface area contributed by atoms with E-state index in [1.165, 1.54) is 6.42 Å². The van der Waals surface area contributed by atoms with Crippen molar-refractivity contribution in [3.8, 4) is 0 Å². The number of benzene rings is 1. The van der Waals surface area contributed by atoms with Gasteiger partial charge in [-0.25, -0.2) is 0 Å². The van der Waals surface area contributed by atoms with Gasteiger partial charge >= 0.3 is 0 Å². The Kier molecular flexibility index (Phi) is 4.50. The maximum atomic E-state index is 12.2. The molecule has 98 valence electrons. The molecule has 0 bridgehead atoms. The number of Topliss-reactive ketones (excluding diaryl/α,β-unsaturated/α-hetero) is 1. The third-order valence-electron chi connectivity index (χ3n) is 3.67. The van der Waals surface area contributed by atoms with Crippen LogP contribution in [-0.4, -0.2) is 41.5 Å². The number of carbonyl (C=O) groups is 1. The maximum absolute atomic E-state index is 12.2. The molecule has 1 aromatic carbocycles. The smallest absolute Gasteiger partial charge is 0.176 e. The molecule has 0 spiro atoms. The summed E-state index contributed by atoms with van der Waals surface area (Å²) < 4.78 is 0. The summed E-state index contributed by atoms with van der Waals surface area (Å²) in [5, 5.41) is 9.08. The monoisotopic (exact) mass is 247 g/mol. The summed E-state index contributed by atoms with van der Waals surface area (Å²) in [4.78, 5) is 14.3. The van der Waals surface area contributed by atoms with Crippen molar-refractivity contribution in [2.45, 2.75) is 32.2 Å². The molecular formula is C15H21NO2. The van der Waals surface area contributed by atoms with E-state index < -0.39 is 0 Å². The van der Waals surface area contributed by atoms with Crippen molar-refractivity contribution in [2.75, 3.05) is 19.7 Å². The van der Waals surface area contributed by atoms with Crippen molar-refractivity contribution in [1.82, 2.24) is 4.90 Å². The van der Waals surface area contributed by atoms with Crippen molar-refractivity contribution in [3.63, 3.8) is 0 Å². The molecule has 0 unspecified atom stereocenters. The van der Waals surface area contributed by atoms with Crippen LogP contribution in [0.1, 0.15) is 35.2 Å². The summed E-state index contributed by atoms with van der Waals surface area (Å²) in [6.45, 7) is 3.14. The lowest BCUT2D eigenvalue weighted by Crippen LogP contribution is -2.44. The van der Waals surface area contributed by atoms with Crippen LogP contribution in [0.4, 0.5) is 0 Å². The van der Waals surface area contributed by atoms with E-state index in [9.17, 15) is 4.79 Å². The summed E-state index contributed by atoms with van der Waals surface area (Å²) >= 11 is 0. The predicted molar refractivity (Wildman–Crippen MR) is 71.8 cm³/mol. The zero-order valence-corrected chi connectivity index (χ0v) is 10.9. The highest BCUT2D eigenvalue weighted by molar-refractivity contribution is 5.97. The molecule has 1 aromatic rings. The van der Waals surface area contributed by atoms with Gasteiger partial charge in [-0.15, -0.1) is 0 Å². The summed E-state index contributed by atoms with van der Waals surface area (Å²) in [6, 6.07) is 8.20. The lowest BCUT2D eigenvalue weighted by atomic mass is 9.91. The molecule has 3 heteroatoms. The van der Waals surface area contributed by atoms with Crippen LogP contribution in [0.3, 0.4) is 0 Å². The molecule has 1 aliphatic rings. The van der Waals surface area contributed by atoms with Crippen LogP contribution in [-0.2, 0) is 0 Å². The quantitative estimate of drug-likeness (QED) is 0.782. The van der Waals surface area contributed by atoms with Crippen molar-refractivity contribution >= 4 is 5.78 Å². The molecule has 0 aliphatic heterocycles. The van der Waals surface area contributed by atoms with Gasteiger partial charge in [-0.05, 0) is 25.8 Å². The number of carbonyl (C=O) groups excluding carboxylic acids is 1. The molecule has 0 atom stereocenters. The van der Waals surface area contributed by atoms with Gasteiger partial charge in [0.2, 0.25) is 0 Å². The summed E-state index contributed by atoms with van der Waals surface area (Å²) in [6.07, 6.45) is 3.55. The van der Waals surface area contributed by atoms with E-state index in [1.54, 1.807) is 0 Å². The van der Waals surface area contributed by atoms with Crippen LogP contribution < -0.4 is 0 Å². The van der Waals surface area contributed by atoms with Crippen LogP contribution >= 0.6 is 0 Å². The second kappa shape index (κ2) is 6.12. The van der Waals surface area contributed by atoms with E-state index in [-0.39, 0.29) is 12.4 Å². The van der Waals surface area contributed by atoms with E-state index in [0.717, 1.165) is 24.0 Å². The molecule has 0 aromatic heterocycles. The number of aliphatic hydroxyl groups excluding tert-OH is 1. The van der Waals surface area contributed by atoms with E-state index in [4.69, 9.17) is 5.11 Å². The Balaban J connectivity index is 1.99. The lowest BCUT2D eigenvalue weighted by molar-refractivity contribution is 0.0747. The van der Waals surface area contributed by atoms with Crippen LogP contribution in [0.5, 0.6) is 0 Å². The highest BCUT2D eigenvalue weighted by Crippen LogP contribution is 2.24. The standard InChI is InChI=1S/C15H21NO2/c1-12-4-2-5-13(10-12)15(18)11-16(8-9-17)14-6-3-7-14/h2,4-5,10,14,17H,3,6-9,11H2,1H3. The van der Waals surface area contributed by atoms with Gasteiger partial charge < -0.3 is 5.11 Å². The Morgan fingerprint density at radius 1 is 1.44 bits per heavy atom. The molecule has 1 saturated carbocycles. The van der Waals surface area contributed by atoms with Crippen LogP contribution in [0.15, 0.2) is 24.3 Å². The Labute approximate surface area is 108 Å². The molecule has 0 radical (unpaired) electrons. The number of ketones is 1. The normalized spacial score (nSPS) is 15.7. The van der Waals surface area contributed by atoms with Crippen LogP contribution in [0.2, 0.25) is 0 Å². The fourth-order valence-corrected chi connectivity index (χ4v) is 2.37. The second-order valence-corrected chi connectivity index (χ2v) is 5.07. The number of rotatable bonds is 6. The summed E-state index contributed by atoms with van der Waals surface area (Å²) in [5.74, 6) is 0.152. The molecule has 0 heterocycles. The average molecular weight is 247 g/mol. The summed E-state index contributed by atoms with van der Waals surface area (Å²) in [7, 11) is 0. The molecule has 3 nitrogen and oxygen atoms in total. The van der Waals surface area contributed by atoms with Gasteiger partial charge in [0.05, 0.1) is 13.2 Å². The zero-order chi connectivity index (χ0) is 13.0. The number of hydrogen-bond donors (Lipinski definition) is 1. The second-order valence-electron chi connectivity index (χ2n) is 5.07. The first-order valence-electron chi connectivity index (χ1n) is 6.65. The Morgan fingerprint density at radius 3 is 2.78 bits per heavy atom. The van der Waals surface area contributed by atoms with Crippen molar-refractivity contribution < 1.29 is 9.90 Å². The van der Waals surface area contributed by atoms with Gasteiger partial charge in [0, 0.05) is 18.2 Å². The molecular weight excluding hydrogens is 226 g/mol.